The van der Waals surface area contributed by atoms with Crippen LogP contribution in [0, 0.1) is 6.92 Å². The predicted molar refractivity (Wildman–Crippen MR) is 132 cm³/mol. The van der Waals surface area contributed by atoms with E-state index in [1.807, 2.05) is 38.1 Å². The fourth-order valence-corrected chi connectivity index (χ4v) is 6.09. The lowest BCUT2D eigenvalue weighted by molar-refractivity contribution is -0.116. The van der Waals surface area contributed by atoms with E-state index in [9.17, 15) is 4.79 Å². The molecule has 1 fully saturated rings. The van der Waals surface area contributed by atoms with E-state index in [-0.39, 0.29) is 0 Å². The summed E-state index contributed by atoms with van der Waals surface area (Å²) in [6.45, 7) is 4.56. The fourth-order valence-electron chi connectivity index (χ4n) is 3.79. The van der Waals surface area contributed by atoms with E-state index in [1.165, 1.54) is 37.9 Å². The van der Waals surface area contributed by atoms with Crippen molar-refractivity contribution < 1.29 is 13.9 Å². The summed E-state index contributed by atoms with van der Waals surface area (Å²) in [5, 5.41) is 0.873. The fraction of sp³-hybridized carbons (Fsp3) is 0.600. The lowest BCUT2D eigenvalue weighted by Crippen LogP contribution is -2.08. The number of aryl methyl sites for hydroxylation is 1. The summed E-state index contributed by atoms with van der Waals surface area (Å²) in [6, 6.07) is 7.78. The first kappa shape index (κ1) is 24.2. The largest absolute Gasteiger partial charge is 0.494 e. The van der Waals surface area contributed by atoms with Crippen molar-refractivity contribution in [2.45, 2.75) is 76.2 Å². The maximum absolute atomic E-state index is 12.2. The van der Waals surface area contributed by atoms with Crippen LogP contribution in [0.3, 0.4) is 0 Å². The Hall–Kier alpha value is -1.40. The molecular weight excluding hydrogens is 426 g/mol. The minimum atomic E-state index is 0.348. The molecule has 6 heteroatoms. The molecule has 1 aliphatic carbocycles. The SMILES string of the molecule is CCOc1ccc(-c2nc(CSCC(=O)CCCCSC3CCCCC3)c(C)o2)cc1. The molecule has 1 heterocycles. The number of thioether (sulfide) groups is 2. The van der Waals surface area contributed by atoms with Crippen molar-refractivity contribution in [1.29, 1.82) is 0 Å². The average Bonchev–Trinajstić information content (AvgIpc) is 3.15. The highest BCUT2D eigenvalue weighted by Crippen LogP contribution is 2.29. The molecule has 0 atom stereocenters. The summed E-state index contributed by atoms with van der Waals surface area (Å²) in [6.07, 6.45) is 9.88. The maximum atomic E-state index is 12.2. The topological polar surface area (TPSA) is 52.3 Å². The van der Waals surface area contributed by atoms with Crippen molar-refractivity contribution in [2.24, 2.45) is 0 Å². The summed E-state index contributed by atoms with van der Waals surface area (Å²) in [4.78, 5) is 16.9. The van der Waals surface area contributed by atoms with Crippen LogP contribution in [-0.4, -0.2) is 34.1 Å². The molecule has 0 bridgehead atoms. The standard InChI is InChI=1S/C25H35NO3S2/c1-3-28-22-14-12-20(13-15-22)25-26-24(19(2)29-25)18-30-17-21(27)9-7-8-16-31-23-10-5-4-6-11-23/h12-15,23H,3-11,16-18H2,1-2H3. The van der Waals surface area contributed by atoms with Crippen molar-refractivity contribution in [2.75, 3.05) is 18.1 Å². The molecule has 1 aromatic heterocycles. The molecule has 0 N–H and O–H groups in total. The number of hydrogen-bond donors (Lipinski definition) is 0. The summed E-state index contributed by atoms with van der Waals surface area (Å²) in [7, 11) is 0. The first-order chi connectivity index (χ1) is 15.2. The summed E-state index contributed by atoms with van der Waals surface area (Å²) >= 11 is 3.76. The number of carbonyl (C=O) groups is 1. The molecule has 1 aliphatic rings. The number of Topliss-reactive ketones (excluding diaryl/α,β-unsaturated/α-hetero) is 1. The second-order valence-electron chi connectivity index (χ2n) is 8.10. The number of aromatic nitrogens is 1. The van der Waals surface area contributed by atoms with E-state index in [4.69, 9.17) is 9.15 Å². The van der Waals surface area contributed by atoms with Gasteiger partial charge in [-0.15, -0.1) is 11.8 Å². The molecule has 0 amide bonds. The Morgan fingerprint density at radius 2 is 1.94 bits per heavy atom. The van der Waals surface area contributed by atoms with Crippen molar-refractivity contribution in [3.05, 3.63) is 35.7 Å². The van der Waals surface area contributed by atoms with Crippen LogP contribution in [-0.2, 0) is 10.5 Å². The van der Waals surface area contributed by atoms with Crippen LogP contribution in [0.15, 0.2) is 28.7 Å². The zero-order valence-corrected chi connectivity index (χ0v) is 20.5. The van der Waals surface area contributed by atoms with Gasteiger partial charge in [0.15, 0.2) is 0 Å². The molecule has 1 aromatic carbocycles. The molecule has 4 nitrogen and oxygen atoms in total. The smallest absolute Gasteiger partial charge is 0.226 e. The van der Waals surface area contributed by atoms with Crippen LogP contribution in [0.2, 0.25) is 0 Å². The van der Waals surface area contributed by atoms with Gasteiger partial charge < -0.3 is 9.15 Å². The number of benzene rings is 1. The van der Waals surface area contributed by atoms with Crippen LogP contribution < -0.4 is 4.74 Å². The number of unbranched alkanes of at least 4 members (excludes halogenated alkanes) is 1. The Morgan fingerprint density at radius 3 is 2.68 bits per heavy atom. The van der Waals surface area contributed by atoms with Gasteiger partial charge in [-0.3, -0.25) is 4.79 Å². The van der Waals surface area contributed by atoms with E-state index >= 15 is 0 Å². The maximum Gasteiger partial charge on any atom is 0.226 e. The molecule has 1 saturated carbocycles. The normalized spacial score (nSPS) is 14.6. The Labute approximate surface area is 195 Å². The van der Waals surface area contributed by atoms with Crippen molar-refractivity contribution in [1.82, 2.24) is 4.98 Å². The Kier molecular flexibility index (Phi) is 10.3. The summed E-state index contributed by atoms with van der Waals surface area (Å²) < 4.78 is 11.3. The van der Waals surface area contributed by atoms with Crippen molar-refractivity contribution >= 4 is 29.3 Å². The highest BCUT2D eigenvalue weighted by atomic mass is 32.2. The van der Waals surface area contributed by atoms with Crippen LogP contribution >= 0.6 is 23.5 Å². The third-order valence-electron chi connectivity index (χ3n) is 5.56. The van der Waals surface area contributed by atoms with Crippen LogP contribution in [0.1, 0.15) is 69.7 Å². The average molecular weight is 462 g/mol. The third-order valence-corrected chi connectivity index (χ3v) is 8.03. The lowest BCUT2D eigenvalue weighted by Gasteiger charge is -2.20. The van der Waals surface area contributed by atoms with Gasteiger partial charge in [0, 0.05) is 23.0 Å². The number of ketones is 1. The van der Waals surface area contributed by atoms with Gasteiger partial charge in [0.2, 0.25) is 5.89 Å². The summed E-state index contributed by atoms with van der Waals surface area (Å²) in [5.74, 6) is 5.10. The molecule has 0 spiro atoms. The van der Waals surface area contributed by atoms with Crippen LogP contribution in [0.5, 0.6) is 5.75 Å². The molecule has 2 aromatic rings. The van der Waals surface area contributed by atoms with Gasteiger partial charge in [-0.2, -0.15) is 11.8 Å². The molecule has 170 valence electrons. The van der Waals surface area contributed by atoms with E-state index in [0.717, 1.165) is 40.9 Å². The third kappa shape index (κ3) is 8.23. The second kappa shape index (κ2) is 13.2. The van der Waals surface area contributed by atoms with Gasteiger partial charge in [0.05, 0.1) is 18.1 Å². The van der Waals surface area contributed by atoms with Gasteiger partial charge >= 0.3 is 0 Å². The number of hydrogen-bond acceptors (Lipinski definition) is 6. The molecule has 31 heavy (non-hydrogen) atoms. The minimum absolute atomic E-state index is 0.348. The number of ether oxygens (including phenoxy) is 1. The molecule has 0 aliphatic heterocycles. The van der Waals surface area contributed by atoms with Crippen LogP contribution in [0.4, 0.5) is 0 Å². The number of carbonyl (C=O) groups excluding carboxylic acids is 1. The number of oxazole rings is 1. The van der Waals surface area contributed by atoms with Gasteiger partial charge in [0.1, 0.15) is 17.3 Å². The van der Waals surface area contributed by atoms with Crippen molar-refractivity contribution in [3.8, 4) is 17.2 Å². The molecule has 0 radical (unpaired) electrons. The minimum Gasteiger partial charge on any atom is -0.494 e. The Morgan fingerprint density at radius 1 is 1.16 bits per heavy atom. The van der Waals surface area contributed by atoms with Gasteiger partial charge in [-0.05, 0) is 69.5 Å². The van der Waals surface area contributed by atoms with E-state index < -0.39 is 0 Å². The van der Waals surface area contributed by atoms with Gasteiger partial charge in [0.25, 0.3) is 0 Å². The van der Waals surface area contributed by atoms with E-state index in [2.05, 4.69) is 16.7 Å². The van der Waals surface area contributed by atoms with Gasteiger partial charge in [-0.25, -0.2) is 4.98 Å². The van der Waals surface area contributed by atoms with Crippen LogP contribution in [0.25, 0.3) is 11.5 Å². The molecular formula is C25H35NO3S2. The predicted octanol–water partition coefficient (Wildman–Crippen LogP) is 7.09. The van der Waals surface area contributed by atoms with E-state index in [1.54, 1.807) is 11.8 Å². The van der Waals surface area contributed by atoms with Crippen molar-refractivity contribution in [3.63, 3.8) is 0 Å². The summed E-state index contributed by atoms with van der Waals surface area (Å²) in [5.41, 5.74) is 1.86. The molecule has 0 unspecified atom stereocenters. The monoisotopic (exact) mass is 461 g/mol. The quantitative estimate of drug-likeness (QED) is 0.297. The Balaban J connectivity index is 1.33. The van der Waals surface area contributed by atoms with Gasteiger partial charge in [-0.1, -0.05) is 19.3 Å². The molecule has 3 rings (SSSR count). The lowest BCUT2D eigenvalue weighted by atomic mass is 10.0. The first-order valence-corrected chi connectivity index (χ1v) is 13.8. The zero-order chi connectivity index (χ0) is 21.9. The second-order valence-corrected chi connectivity index (χ2v) is 10.5. The number of rotatable bonds is 13. The molecule has 0 saturated heterocycles. The zero-order valence-electron chi connectivity index (χ0n) is 18.9. The Bertz CT molecular complexity index is 798. The first-order valence-electron chi connectivity index (χ1n) is 11.6. The highest BCUT2D eigenvalue weighted by Gasteiger charge is 2.14. The highest BCUT2D eigenvalue weighted by molar-refractivity contribution is 7.99. The van der Waals surface area contributed by atoms with E-state index in [0.29, 0.717) is 36.2 Å². The number of nitrogens with zero attached hydrogens (tertiary/aromatic N) is 1.